The molecular weight excluding hydrogens is 396 g/mol. The van der Waals surface area contributed by atoms with Crippen molar-refractivity contribution in [1.29, 1.82) is 0 Å². The number of nitrogens with zero attached hydrogens (tertiary/aromatic N) is 2. The number of amides is 2. The number of nitro groups is 1. The molecule has 1 atom stereocenters. The normalized spacial score (nSPS) is 12.6. The monoisotopic (exact) mass is 424 g/mol. The predicted octanol–water partition coefficient (Wildman–Crippen LogP) is 0.778. The van der Waals surface area contributed by atoms with Crippen LogP contribution in [0.1, 0.15) is 39.2 Å². The van der Waals surface area contributed by atoms with Crippen LogP contribution < -0.4 is 21.7 Å². The van der Waals surface area contributed by atoms with Crippen LogP contribution in [-0.2, 0) is 16.1 Å². The third kappa shape index (κ3) is 10.7. The van der Waals surface area contributed by atoms with Crippen molar-refractivity contribution in [2.75, 3.05) is 6.54 Å². The molecule has 0 saturated heterocycles. The van der Waals surface area contributed by atoms with E-state index < -0.39 is 28.7 Å². The number of ether oxygens (including phenoxy) is 1. The summed E-state index contributed by atoms with van der Waals surface area (Å²) in [6, 6.07) is 5.43. The highest BCUT2D eigenvalue weighted by Gasteiger charge is 2.24. The van der Waals surface area contributed by atoms with E-state index in [-0.39, 0.29) is 31.2 Å². The Bertz CT molecular complexity index is 759. The summed E-state index contributed by atoms with van der Waals surface area (Å²) < 4.78 is 5.20. The number of carbonyl (C=O) groups is 2. The van der Waals surface area contributed by atoms with Crippen LogP contribution in [0.4, 0.5) is 4.79 Å². The van der Waals surface area contributed by atoms with Gasteiger partial charge >= 0.3 is 6.09 Å². The molecule has 30 heavy (non-hydrogen) atoms. The molecule has 6 N–H and O–H groups in total. The largest absolute Gasteiger partial charge is 0.508 e. The molecule has 0 aromatic heterocycles. The van der Waals surface area contributed by atoms with Crippen molar-refractivity contribution in [3.05, 3.63) is 39.9 Å². The summed E-state index contributed by atoms with van der Waals surface area (Å²) in [6.45, 7) is 5.52. The van der Waals surface area contributed by atoms with E-state index in [4.69, 9.17) is 10.5 Å². The van der Waals surface area contributed by atoms with E-state index in [2.05, 4.69) is 21.1 Å². The minimum atomic E-state index is -0.925. The summed E-state index contributed by atoms with van der Waals surface area (Å²) >= 11 is 0. The molecule has 2 amide bonds. The van der Waals surface area contributed by atoms with Crippen molar-refractivity contribution in [2.45, 2.75) is 51.8 Å². The van der Waals surface area contributed by atoms with Crippen molar-refractivity contribution in [1.82, 2.24) is 16.0 Å². The molecule has 0 heterocycles. The lowest BCUT2D eigenvalue weighted by atomic mass is 10.1. The standard InChI is InChI=1S/C18H28N6O6/c1-18(2,3)30-17(27)22-14(5-4-10-20-16(19)23-24(28)29)15(26)21-11-12-6-8-13(25)9-7-12/h6-9,14,25H,4-5,10-11H2,1-3H3,(H,21,26)(H,22,27)(H3,19,20,23)/t14-/m1/s1. The van der Waals surface area contributed by atoms with E-state index in [0.29, 0.717) is 6.42 Å². The average Bonchev–Trinajstić information content (AvgIpc) is 2.61. The van der Waals surface area contributed by atoms with Gasteiger partial charge < -0.3 is 31.5 Å². The van der Waals surface area contributed by atoms with Crippen LogP contribution >= 0.6 is 0 Å². The minimum Gasteiger partial charge on any atom is -0.508 e. The molecule has 0 fully saturated rings. The number of nitrogens with two attached hydrogens (primary N) is 1. The fourth-order valence-electron chi connectivity index (χ4n) is 2.29. The number of benzene rings is 1. The smallest absolute Gasteiger partial charge is 0.408 e. The van der Waals surface area contributed by atoms with Gasteiger partial charge in [-0.05, 0) is 51.3 Å². The zero-order valence-corrected chi connectivity index (χ0v) is 17.2. The molecule has 1 aromatic carbocycles. The van der Waals surface area contributed by atoms with Crippen LogP contribution in [0.3, 0.4) is 0 Å². The highest BCUT2D eigenvalue weighted by Crippen LogP contribution is 2.10. The second kappa shape index (κ2) is 11.4. The average molecular weight is 424 g/mol. The zero-order chi connectivity index (χ0) is 22.7. The van der Waals surface area contributed by atoms with Gasteiger partial charge in [-0.1, -0.05) is 12.1 Å². The third-order valence-electron chi connectivity index (χ3n) is 3.58. The van der Waals surface area contributed by atoms with Gasteiger partial charge in [-0.15, -0.1) is 0 Å². The molecule has 0 aliphatic heterocycles. The highest BCUT2D eigenvalue weighted by molar-refractivity contribution is 5.85. The molecule has 0 radical (unpaired) electrons. The van der Waals surface area contributed by atoms with Gasteiger partial charge in [-0.3, -0.25) is 4.79 Å². The first-order valence-corrected chi connectivity index (χ1v) is 9.24. The van der Waals surface area contributed by atoms with Crippen molar-refractivity contribution in [3.8, 4) is 5.75 Å². The van der Waals surface area contributed by atoms with E-state index in [9.17, 15) is 24.8 Å². The van der Waals surface area contributed by atoms with E-state index in [1.807, 2.05) is 0 Å². The molecule has 166 valence electrons. The van der Waals surface area contributed by atoms with Crippen molar-refractivity contribution >= 4 is 18.0 Å². The van der Waals surface area contributed by atoms with Crippen LogP contribution in [0.25, 0.3) is 0 Å². The second-order valence-corrected chi connectivity index (χ2v) is 7.38. The van der Waals surface area contributed by atoms with Crippen molar-refractivity contribution in [2.24, 2.45) is 10.8 Å². The Hall–Kier alpha value is -3.57. The van der Waals surface area contributed by atoms with Gasteiger partial charge in [0, 0.05) is 13.1 Å². The van der Waals surface area contributed by atoms with E-state index in [1.165, 1.54) is 12.1 Å². The first kappa shape index (κ1) is 24.5. The third-order valence-corrected chi connectivity index (χ3v) is 3.58. The number of aromatic hydroxyl groups is 1. The van der Waals surface area contributed by atoms with Crippen LogP contribution in [-0.4, -0.2) is 46.3 Å². The number of guanidine groups is 1. The lowest BCUT2D eigenvalue weighted by Gasteiger charge is -2.23. The second-order valence-electron chi connectivity index (χ2n) is 7.38. The Balaban J connectivity index is 2.65. The van der Waals surface area contributed by atoms with Gasteiger partial charge in [-0.25, -0.2) is 14.9 Å². The van der Waals surface area contributed by atoms with Crippen molar-refractivity contribution in [3.63, 3.8) is 0 Å². The molecule has 12 nitrogen and oxygen atoms in total. The Kier molecular flexibility index (Phi) is 9.33. The number of rotatable bonds is 9. The summed E-state index contributed by atoms with van der Waals surface area (Å²) in [7, 11) is 0. The zero-order valence-electron chi connectivity index (χ0n) is 17.2. The Labute approximate surface area is 174 Å². The minimum absolute atomic E-state index is 0.113. The first-order valence-electron chi connectivity index (χ1n) is 9.24. The molecular formula is C18H28N6O6. The molecule has 1 aromatic rings. The maximum absolute atomic E-state index is 12.6. The van der Waals surface area contributed by atoms with Gasteiger partial charge in [0.2, 0.25) is 5.91 Å². The van der Waals surface area contributed by atoms with Crippen LogP contribution in [0, 0.1) is 10.1 Å². The summed E-state index contributed by atoms with van der Waals surface area (Å²) in [5.41, 5.74) is 5.37. The summed E-state index contributed by atoms with van der Waals surface area (Å²) in [5, 5.41) is 29.3. The quantitative estimate of drug-likeness (QED) is 0.127. The number of phenols is 1. The number of hydrogen-bond acceptors (Lipinski definition) is 6. The molecule has 12 heteroatoms. The highest BCUT2D eigenvalue weighted by atomic mass is 16.7. The first-order chi connectivity index (χ1) is 14.0. The van der Waals surface area contributed by atoms with E-state index in [0.717, 1.165) is 5.56 Å². The molecule has 0 spiro atoms. The number of phenolic OH excluding ortho intramolecular Hbond substituents is 1. The number of hydrogen-bond donors (Lipinski definition) is 5. The predicted molar refractivity (Wildman–Crippen MR) is 109 cm³/mol. The molecule has 0 aliphatic carbocycles. The maximum Gasteiger partial charge on any atom is 0.408 e. The van der Waals surface area contributed by atoms with Gasteiger partial charge in [-0.2, -0.15) is 0 Å². The Morgan fingerprint density at radius 2 is 1.90 bits per heavy atom. The lowest BCUT2D eigenvalue weighted by Crippen LogP contribution is -2.48. The SMILES string of the molecule is CC(C)(C)OC(=O)N[C@H](CCCNC(N)=N[N+](=O)[O-])C(=O)NCc1ccc(O)cc1. The number of nitrogens with one attached hydrogen (secondary N) is 3. The van der Waals surface area contributed by atoms with Gasteiger partial charge in [0.05, 0.1) is 0 Å². The van der Waals surface area contributed by atoms with Gasteiger partial charge in [0.1, 0.15) is 22.5 Å². The number of carbonyl (C=O) groups excluding carboxylic acids is 2. The van der Waals surface area contributed by atoms with E-state index >= 15 is 0 Å². The molecule has 0 saturated carbocycles. The van der Waals surface area contributed by atoms with E-state index in [1.54, 1.807) is 32.9 Å². The number of alkyl carbamates (subject to hydrolysis) is 1. The summed E-state index contributed by atoms with van der Waals surface area (Å²) in [5.74, 6) is -0.670. The summed E-state index contributed by atoms with van der Waals surface area (Å²) in [6.07, 6.45) is -0.157. The van der Waals surface area contributed by atoms with Crippen LogP contribution in [0.5, 0.6) is 5.75 Å². The van der Waals surface area contributed by atoms with Crippen LogP contribution in [0.2, 0.25) is 0 Å². The maximum atomic E-state index is 12.6. The molecule has 0 unspecified atom stereocenters. The summed E-state index contributed by atoms with van der Waals surface area (Å²) in [4.78, 5) is 34.9. The number of hydrazone groups is 1. The lowest BCUT2D eigenvalue weighted by molar-refractivity contribution is -0.485. The fraction of sp³-hybridized carbons (Fsp3) is 0.500. The molecule has 1 rings (SSSR count). The van der Waals surface area contributed by atoms with Gasteiger partial charge in [0.15, 0.2) is 5.03 Å². The van der Waals surface area contributed by atoms with Crippen LogP contribution in [0.15, 0.2) is 29.4 Å². The van der Waals surface area contributed by atoms with Gasteiger partial charge in [0.25, 0.3) is 5.96 Å². The molecule has 0 aliphatic rings. The Morgan fingerprint density at radius 1 is 1.27 bits per heavy atom. The topological polar surface area (TPSA) is 181 Å². The fourth-order valence-corrected chi connectivity index (χ4v) is 2.29. The molecule has 0 bridgehead atoms. The van der Waals surface area contributed by atoms with Crippen molar-refractivity contribution < 1.29 is 24.5 Å². The Morgan fingerprint density at radius 3 is 2.47 bits per heavy atom.